The van der Waals surface area contributed by atoms with Crippen molar-refractivity contribution in [3.05, 3.63) is 206 Å². The van der Waals surface area contributed by atoms with Crippen molar-refractivity contribution in [2.75, 3.05) is 0 Å². The zero-order valence-electron chi connectivity index (χ0n) is 32.4. The molecule has 1 aliphatic carbocycles. The number of benzene rings is 9. The molecule has 11 aromatic rings. The summed E-state index contributed by atoms with van der Waals surface area (Å²) in [6, 6.07) is 67.3. The number of hydrogen-bond donors (Lipinski definition) is 0. The number of fused-ring (bicyclic) bond motifs is 9. The van der Waals surface area contributed by atoms with Gasteiger partial charge in [-0.15, -0.1) is 0 Å². The Balaban J connectivity index is 1.15. The lowest BCUT2D eigenvalue weighted by atomic mass is 9.79. The summed E-state index contributed by atoms with van der Waals surface area (Å²) in [5.41, 5.74) is 15.7. The number of nitrogens with zero attached hydrogens (tertiary/aromatic N) is 2. The van der Waals surface area contributed by atoms with Gasteiger partial charge in [0.15, 0.2) is 0 Å². The first-order valence-corrected chi connectivity index (χ1v) is 20.2. The Hall–Kier alpha value is -7.29. The van der Waals surface area contributed by atoms with Gasteiger partial charge in [-0.3, -0.25) is 0 Å². The van der Waals surface area contributed by atoms with E-state index in [4.69, 9.17) is 4.98 Å². The van der Waals surface area contributed by atoms with E-state index in [2.05, 4.69) is 213 Å². The molecule has 0 atom stereocenters. The Labute approximate surface area is 337 Å². The standard InChI is InChI=1S/C56H38N2/c1-56(2)50-19-11-10-18-44(50)46-32-48-49(33-51(46)56)53(39-23-21-38(22-24-39)52-34-58-29-28-37-15-8-9-17-43(37)55(58)57-52)45-27-26-41(35-12-4-3-5-13-35)31-47(45)54(48)42-25-20-36-14-6-7-16-40(36)30-42/h3-34H,1-2H3. The summed E-state index contributed by atoms with van der Waals surface area (Å²) in [7, 11) is 0. The van der Waals surface area contributed by atoms with E-state index < -0.39 is 0 Å². The number of pyridine rings is 1. The lowest BCUT2D eigenvalue weighted by molar-refractivity contribution is 0.661. The molecule has 2 aromatic heterocycles. The Kier molecular flexibility index (Phi) is 7.01. The maximum Gasteiger partial charge on any atom is 0.145 e. The van der Waals surface area contributed by atoms with Crippen LogP contribution in [-0.4, -0.2) is 9.38 Å². The molecular formula is C56H38N2. The molecule has 2 nitrogen and oxygen atoms in total. The van der Waals surface area contributed by atoms with E-state index in [9.17, 15) is 0 Å². The maximum absolute atomic E-state index is 5.16. The van der Waals surface area contributed by atoms with Crippen LogP contribution in [0.1, 0.15) is 25.0 Å². The minimum Gasteiger partial charge on any atom is -0.306 e. The van der Waals surface area contributed by atoms with Crippen LogP contribution in [0.25, 0.3) is 105 Å². The van der Waals surface area contributed by atoms with Crippen molar-refractivity contribution in [3.8, 4) is 55.8 Å². The van der Waals surface area contributed by atoms with Crippen LogP contribution in [0, 0.1) is 0 Å². The first-order valence-electron chi connectivity index (χ1n) is 20.2. The van der Waals surface area contributed by atoms with Crippen molar-refractivity contribution in [2.24, 2.45) is 0 Å². The summed E-state index contributed by atoms with van der Waals surface area (Å²) in [6.45, 7) is 4.76. The minimum atomic E-state index is -0.135. The van der Waals surface area contributed by atoms with Crippen molar-refractivity contribution in [1.82, 2.24) is 9.38 Å². The van der Waals surface area contributed by atoms with Crippen molar-refractivity contribution in [1.29, 1.82) is 0 Å². The van der Waals surface area contributed by atoms with Gasteiger partial charge in [0.25, 0.3) is 0 Å². The third-order valence-corrected chi connectivity index (χ3v) is 12.8. The van der Waals surface area contributed by atoms with E-state index in [1.54, 1.807) is 0 Å². The highest BCUT2D eigenvalue weighted by atomic mass is 15.0. The van der Waals surface area contributed by atoms with E-state index in [-0.39, 0.29) is 5.41 Å². The van der Waals surface area contributed by atoms with Crippen molar-refractivity contribution < 1.29 is 0 Å². The SMILES string of the molecule is CC1(C)c2ccccc2-c2cc3c(-c4ccc5ccccc5c4)c4cc(-c5ccccc5)ccc4c(-c4ccc(-c5cn6ccc7ccccc7c6n5)cc4)c3cc21. The van der Waals surface area contributed by atoms with Crippen LogP contribution in [0.4, 0.5) is 0 Å². The lowest BCUT2D eigenvalue weighted by Gasteiger charge is -2.24. The van der Waals surface area contributed by atoms with Crippen molar-refractivity contribution in [2.45, 2.75) is 19.3 Å². The number of imidazole rings is 1. The molecule has 2 heteroatoms. The fourth-order valence-electron chi connectivity index (χ4n) is 9.86. The molecule has 0 aliphatic heterocycles. The van der Waals surface area contributed by atoms with Crippen LogP contribution in [-0.2, 0) is 5.41 Å². The summed E-state index contributed by atoms with van der Waals surface area (Å²) in [5.74, 6) is 0. The largest absolute Gasteiger partial charge is 0.306 e. The maximum atomic E-state index is 5.16. The third-order valence-electron chi connectivity index (χ3n) is 12.8. The molecule has 58 heavy (non-hydrogen) atoms. The predicted octanol–water partition coefficient (Wildman–Crippen LogP) is 14.9. The summed E-state index contributed by atoms with van der Waals surface area (Å²) in [4.78, 5) is 5.16. The van der Waals surface area contributed by atoms with Gasteiger partial charge in [0, 0.05) is 28.8 Å². The fraction of sp³-hybridized carbons (Fsp3) is 0.0536. The second-order valence-electron chi connectivity index (χ2n) is 16.4. The van der Waals surface area contributed by atoms with Crippen LogP contribution < -0.4 is 0 Å². The average molecular weight is 739 g/mol. The number of rotatable bonds is 4. The first kappa shape index (κ1) is 32.9. The van der Waals surface area contributed by atoms with Gasteiger partial charge in [-0.05, 0) is 124 Å². The average Bonchev–Trinajstić information content (AvgIpc) is 3.82. The molecule has 0 radical (unpaired) electrons. The number of hydrogen-bond acceptors (Lipinski definition) is 1. The molecule has 1 aliphatic rings. The minimum absolute atomic E-state index is 0.135. The quantitative estimate of drug-likeness (QED) is 0.164. The molecule has 272 valence electrons. The molecular weight excluding hydrogens is 701 g/mol. The second-order valence-corrected chi connectivity index (χ2v) is 16.4. The molecule has 0 saturated carbocycles. The van der Waals surface area contributed by atoms with Gasteiger partial charge in [0.1, 0.15) is 5.65 Å². The Bertz CT molecular complexity index is 3460. The zero-order chi connectivity index (χ0) is 38.5. The van der Waals surface area contributed by atoms with Gasteiger partial charge in [-0.2, -0.15) is 0 Å². The zero-order valence-corrected chi connectivity index (χ0v) is 32.4. The fourth-order valence-corrected chi connectivity index (χ4v) is 9.86. The molecule has 0 saturated heterocycles. The normalized spacial score (nSPS) is 13.1. The van der Waals surface area contributed by atoms with E-state index in [0.29, 0.717) is 0 Å². The van der Waals surface area contributed by atoms with Crippen LogP contribution in [0.15, 0.2) is 194 Å². The molecule has 0 N–H and O–H groups in total. The molecule has 0 bridgehead atoms. The lowest BCUT2D eigenvalue weighted by Crippen LogP contribution is -2.14. The van der Waals surface area contributed by atoms with Gasteiger partial charge >= 0.3 is 0 Å². The molecule has 0 unspecified atom stereocenters. The van der Waals surface area contributed by atoms with Crippen LogP contribution in [0.2, 0.25) is 0 Å². The molecule has 9 aromatic carbocycles. The van der Waals surface area contributed by atoms with Gasteiger partial charge in [-0.25, -0.2) is 4.98 Å². The van der Waals surface area contributed by atoms with Crippen LogP contribution in [0.5, 0.6) is 0 Å². The van der Waals surface area contributed by atoms with Gasteiger partial charge in [0.2, 0.25) is 0 Å². The Morgan fingerprint density at radius 1 is 0.397 bits per heavy atom. The van der Waals surface area contributed by atoms with E-state index in [1.165, 1.54) is 93.3 Å². The molecule has 12 rings (SSSR count). The summed E-state index contributed by atoms with van der Waals surface area (Å²) in [6.07, 6.45) is 4.26. The molecule has 0 spiro atoms. The smallest absolute Gasteiger partial charge is 0.145 e. The highest BCUT2D eigenvalue weighted by Gasteiger charge is 2.36. The Morgan fingerprint density at radius 3 is 1.91 bits per heavy atom. The number of aromatic nitrogens is 2. The summed E-state index contributed by atoms with van der Waals surface area (Å²) >= 11 is 0. The van der Waals surface area contributed by atoms with E-state index in [1.807, 2.05) is 0 Å². The monoisotopic (exact) mass is 738 g/mol. The van der Waals surface area contributed by atoms with E-state index >= 15 is 0 Å². The predicted molar refractivity (Wildman–Crippen MR) is 245 cm³/mol. The Morgan fingerprint density at radius 2 is 1.05 bits per heavy atom. The van der Waals surface area contributed by atoms with Crippen LogP contribution in [0.3, 0.4) is 0 Å². The van der Waals surface area contributed by atoms with Gasteiger partial charge in [0.05, 0.1) is 5.69 Å². The van der Waals surface area contributed by atoms with Crippen LogP contribution >= 0.6 is 0 Å². The topological polar surface area (TPSA) is 17.3 Å². The molecule has 0 fully saturated rings. The van der Waals surface area contributed by atoms with Gasteiger partial charge in [-0.1, -0.05) is 166 Å². The van der Waals surface area contributed by atoms with E-state index in [0.717, 1.165) is 22.3 Å². The van der Waals surface area contributed by atoms with Crippen molar-refractivity contribution in [3.63, 3.8) is 0 Å². The second kappa shape index (κ2) is 12.4. The molecule has 2 heterocycles. The van der Waals surface area contributed by atoms with Gasteiger partial charge < -0.3 is 4.40 Å². The first-order chi connectivity index (χ1) is 28.5. The molecule has 0 amide bonds. The highest BCUT2D eigenvalue weighted by Crippen LogP contribution is 2.53. The summed E-state index contributed by atoms with van der Waals surface area (Å²) < 4.78 is 2.14. The van der Waals surface area contributed by atoms with Crippen molar-refractivity contribution >= 4 is 48.7 Å². The highest BCUT2D eigenvalue weighted by molar-refractivity contribution is 6.23. The summed E-state index contributed by atoms with van der Waals surface area (Å²) in [5, 5.41) is 9.88. The third kappa shape index (κ3) is 4.88.